The van der Waals surface area contributed by atoms with Gasteiger partial charge in [0.05, 0.1) is 0 Å². The van der Waals surface area contributed by atoms with Gasteiger partial charge in [0, 0.05) is 16.5 Å². The van der Waals surface area contributed by atoms with Gasteiger partial charge in [0.1, 0.15) is 11.6 Å². The Kier molecular flexibility index (Phi) is 3.39. The Bertz CT molecular complexity index is 345. The van der Waals surface area contributed by atoms with Gasteiger partial charge in [0.25, 0.3) is 0 Å². The second kappa shape index (κ2) is 4.60. The topological polar surface area (TPSA) is 0 Å². The molecule has 0 heterocycles. The van der Waals surface area contributed by atoms with Crippen molar-refractivity contribution in [3.8, 4) is 0 Å². The van der Waals surface area contributed by atoms with E-state index < -0.39 is 11.6 Å². The van der Waals surface area contributed by atoms with Crippen molar-refractivity contribution >= 4 is 15.9 Å². The molecule has 1 atom stereocenters. The highest BCUT2D eigenvalue weighted by molar-refractivity contribution is 9.09. The summed E-state index contributed by atoms with van der Waals surface area (Å²) in [6.45, 7) is 0. The van der Waals surface area contributed by atoms with Crippen LogP contribution < -0.4 is 0 Å². The predicted molar refractivity (Wildman–Crippen MR) is 60.0 cm³/mol. The summed E-state index contributed by atoms with van der Waals surface area (Å²) in [5, 5.41) is 0. The van der Waals surface area contributed by atoms with Gasteiger partial charge in [-0.3, -0.25) is 0 Å². The molecule has 1 aliphatic carbocycles. The minimum absolute atomic E-state index is 0.0283. The molecule has 82 valence electrons. The third-order valence-electron chi connectivity index (χ3n) is 3.07. The van der Waals surface area contributed by atoms with Crippen molar-refractivity contribution in [2.75, 3.05) is 0 Å². The molecular formula is C12H13BrF2. The normalized spacial score (nSPS) is 19.4. The molecule has 0 radical (unpaired) electrons. The van der Waals surface area contributed by atoms with Crippen molar-refractivity contribution in [1.29, 1.82) is 0 Å². The molecule has 1 fully saturated rings. The van der Waals surface area contributed by atoms with Crippen LogP contribution in [0.5, 0.6) is 0 Å². The zero-order valence-corrected chi connectivity index (χ0v) is 9.94. The first-order valence-electron chi connectivity index (χ1n) is 5.27. The predicted octanol–water partition coefficient (Wildman–Crippen LogP) is 4.59. The maximum atomic E-state index is 13.5. The minimum Gasteiger partial charge on any atom is -0.207 e. The largest absolute Gasteiger partial charge is 0.207 e. The SMILES string of the molecule is Fc1ccc(C(Br)C2CCCC2)c(F)c1. The van der Waals surface area contributed by atoms with Crippen LogP contribution in [-0.2, 0) is 0 Å². The second-order valence-electron chi connectivity index (χ2n) is 4.11. The molecule has 0 saturated heterocycles. The van der Waals surface area contributed by atoms with Gasteiger partial charge >= 0.3 is 0 Å². The molecule has 0 amide bonds. The number of alkyl halides is 1. The fraction of sp³-hybridized carbons (Fsp3) is 0.500. The molecule has 0 aliphatic heterocycles. The number of halogens is 3. The molecule has 1 aromatic carbocycles. The van der Waals surface area contributed by atoms with Crippen LogP contribution in [0.4, 0.5) is 8.78 Å². The molecule has 1 unspecified atom stereocenters. The molecule has 0 spiro atoms. The van der Waals surface area contributed by atoms with E-state index in [1.165, 1.54) is 18.9 Å². The fourth-order valence-electron chi connectivity index (χ4n) is 2.23. The van der Waals surface area contributed by atoms with E-state index in [-0.39, 0.29) is 4.83 Å². The van der Waals surface area contributed by atoms with Gasteiger partial charge < -0.3 is 0 Å². The molecule has 1 aliphatic rings. The van der Waals surface area contributed by atoms with Crippen molar-refractivity contribution in [1.82, 2.24) is 0 Å². The molecule has 1 aromatic rings. The van der Waals surface area contributed by atoms with E-state index in [0.717, 1.165) is 18.9 Å². The Morgan fingerprint density at radius 2 is 1.87 bits per heavy atom. The first-order valence-corrected chi connectivity index (χ1v) is 6.19. The summed E-state index contributed by atoms with van der Waals surface area (Å²) < 4.78 is 26.2. The summed E-state index contributed by atoms with van der Waals surface area (Å²) in [7, 11) is 0. The molecule has 0 nitrogen and oxygen atoms in total. The molecule has 2 rings (SSSR count). The molecular weight excluding hydrogens is 262 g/mol. The Morgan fingerprint density at radius 1 is 1.20 bits per heavy atom. The van der Waals surface area contributed by atoms with Crippen LogP contribution >= 0.6 is 15.9 Å². The maximum absolute atomic E-state index is 13.5. The highest BCUT2D eigenvalue weighted by Gasteiger charge is 2.26. The minimum atomic E-state index is -0.512. The van der Waals surface area contributed by atoms with Crippen LogP contribution in [0.15, 0.2) is 18.2 Å². The summed E-state index contributed by atoms with van der Waals surface area (Å²) in [5.74, 6) is -0.462. The third-order valence-corrected chi connectivity index (χ3v) is 4.31. The number of rotatable bonds is 2. The summed E-state index contributed by atoms with van der Waals surface area (Å²) in [6, 6.07) is 3.82. The lowest BCUT2D eigenvalue weighted by atomic mass is 9.97. The highest BCUT2D eigenvalue weighted by Crippen LogP contribution is 2.41. The molecule has 0 bridgehead atoms. The molecule has 0 aromatic heterocycles. The standard InChI is InChI=1S/C12H13BrF2/c13-12(8-3-1-2-4-8)10-6-5-9(14)7-11(10)15/h5-8,12H,1-4H2. The van der Waals surface area contributed by atoms with Gasteiger partial charge in [-0.25, -0.2) is 8.78 Å². The van der Waals surface area contributed by atoms with Crippen molar-refractivity contribution < 1.29 is 8.78 Å². The van der Waals surface area contributed by atoms with E-state index in [1.807, 2.05) is 0 Å². The average molecular weight is 275 g/mol. The molecule has 15 heavy (non-hydrogen) atoms. The van der Waals surface area contributed by atoms with Crippen molar-refractivity contribution in [2.24, 2.45) is 5.92 Å². The lowest BCUT2D eigenvalue weighted by Crippen LogP contribution is -2.05. The van der Waals surface area contributed by atoms with E-state index in [1.54, 1.807) is 6.07 Å². The van der Waals surface area contributed by atoms with Crippen LogP contribution in [0, 0.1) is 17.6 Å². The smallest absolute Gasteiger partial charge is 0.130 e. The van der Waals surface area contributed by atoms with Crippen LogP contribution in [0.25, 0.3) is 0 Å². The van der Waals surface area contributed by atoms with E-state index in [0.29, 0.717) is 11.5 Å². The van der Waals surface area contributed by atoms with Crippen LogP contribution in [-0.4, -0.2) is 0 Å². The lowest BCUT2D eigenvalue weighted by Gasteiger charge is -2.17. The number of benzene rings is 1. The summed E-state index contributed by atoms with van der Waals surface area (Å²) >= 11 is 3.53. The molecule has 1 saturated carbocycles. The third kappa shape index (κ3) is 2.39. The van der Waals surface area contributed by atoms with E-state index >= 15 is 0 Å². The Hall–Kier alpha value is -0.440. The van der Waals surface area contributed by atoms with Crippen LogP contribution in [0.2, 0.25) is 0 Å². The quantitative estimate of drug-likeness (QED) is 0.692. The first-order chi connectivity index (χ1) is 7.18. The molecule has 0 N–H and O–H groups in total. The van der Waals surface area contributed by atoms with Gasteiger partial charge in [0.15, 0.2) is 0 Å². The highest BCUT2D eigenvalue weighted by atomic mass is 79.9. The summed E-state index contributed by atoms with van der Waals surface area (Å²) in [5.41, 5.74) is 0.586. The first kappa shape index (κ1) is 11.1. The van der Waals surface area contributed by atoms with Gasteiger partial charge in [-0.2, -0.15) is 0 Å². The van der Waals surface area contributed by atoms with E-state index in [9.17, 15) is 8.78 Å². The fourth-order valence-corrected chi connectivity index (χ4v) is 3.13. The lowest BCUT2D eigenvalue weighted by molar-refractivity contribution is 0.510. The zero-order chi connectivity index (χ0) is 10.8. The second-order valence-corrected chi connectivity index (χ2v) is 5.10. The van der Waals surface area contributed by atoms with Crippen LogP contribution in [0.3, 0.4) is 0 Å². The zero-order valence-electron chi connectivity index (χ0n) is 8.35. The van der Waals surface area contributed by atoms with Gasteiger partial charge in [-0.05, 0) is 24.8 Å². The Labute approximate surface area is 96.8 Å². The monoisotopic (exact) mass is 274 g/mol. The maximum Gasteiger partial charge on any atom is 0.130 e. The number of hydrogen-bond donors (Lipinski definition) is 0. The van der Waals surface area contributed by atoms with E-state index in [4.69, 9.17) is 0 Å². The van der Waals surface area contributed by atoms with Crippen molar-refractivity contribution in [3.63, 3.8) is 0 Å². The average Bonchev–Trinajstić information content (AvgIpc) is 2.69. The van der Waals surface area contributed by atoms with Gasteiger partial charge in [0.2, 0.25) is 0 Å². The Morgan fingerprint density at radius 3 is 2.47 bits per heavy atom. The van der Waals surface area contributed by atoms with Crippen molar-refractivity contribution in [3.05, 3.63) is 35.4 Å². The van der Waals surface area contributed by atoms with E-state index in [2.05, 4.69) is 15.9 Å². The van der Waals surface area contributed by atoms with Crippen molar-refractivity contribution in [2.45, 2.75) is 30.5 Å². The van der Waals surface area contributed by atoms with Crippen LogP contribution in [0.1, 0.15) is 36.1 Å². The summed E-state index contributed by atoms with van der Waals surface area (Å²) in [4.78, 5) is 0.0283. The van der Waals surface area contributed by atoms with Gasteiger partial charge in [-0.15, -0.1) is 0 Å². The summed E-state index contributed by atoms with van der Waals surface area (Å²) in [6.07, 6.45) is 4.70. The molecule has 3 heteroatoms. The Balaban J connectivity index is 2.20. The van der Waals surface area contributed by atoms with Gasteiger partial charge in [-0.1, -0.05) is 34.8 Å². The number of hydrogen-bond acceptors (Lipinski definition) is 0.